The number of nitrogens with zero attached hydrogens (tertiary/aromatic N) is 1. The molecule has 1 unspecified atom stereocenters. The molecule has 1 aromatic rings. The van der Waals surface area contributed by atoms with Crippen molar-refractivity contribution in [3.05, 3.63) is 35.9 Å². The lowest BCUT2D eigenvalue weighted by Crippen LogP contribution is -2.66. The molecular weight excluding hydrogens is 244 g/mol. The average molecular weight is 260 g/mol. The molecule has 0 aromatic heterocycles. The van der Waals surface area contributed by atoms with Crippen molar-refractivity contribution in [3.8, 4) is 0 Å². The van der Waals surface area contributed by atoms with Gasteiger partial charge < -0.3 is 10.1 Å². The first-order valence-electron chi connectivity index (χ1n) is 6.50. The maximum atomic E-state index is 12.1. The highest BCUT2D eigenvalue weighted by Crippen LogP contribution is 2.26. The summed E-state index contributed by atoms with van der Waals surface area (Å²) < 4.78 is 5.06. The maximum absolute atomic E-state index is 12.1. The highest BCUT2D eigenvalue weighted by molar-refractivity contribution is 5.86. The van der Waals surface area contributed by atoms with E-state index in [4.69, 9.17) is 4.74 Å². The fourth-order valence-corrected chi connectivity index (χ4v) is 2.52. The van der Waals surface area contributed by atoms with Crippen molar-refractivity contribution in [2.75, 3.05) is 13.2 Å². The Kier molecular flexibility index (Phi) is 3.21. The van der Waals surface area contributed by atoms with E-state index in [-0.39, 0.29) is 30.6 Å². The van der Waals surface area contributed by atoms with Crippen LogP contribution in [0.3, 0.4) is 0 Å². The molecule has 2 saturated heterocycles. The van der Waals surface area contributed by atoms with Gasteiger partial charge in [0.2, 0.25) is 5.91 Å². The van der Waals surface area contributed by atoms with Crippen LogP contribution in [-0.4, -0.2) is 42.0 Å². The summed E-state index contributed by atoms with van der Waals surface area (Å²) in [6.07, 6.45) is 0.793. The van der Waals surface area contributed by atoms with Gasteiger partial charge in [0.25, 0.3) is 0 Å². The lowest BCUT2D eigenvalue weighted by atomic mass is 9.97. The predicted octanol–water partition coefficient (Wildman–Crippen LogP) is 0.302. The standard InChI is InChI=1S/C14H16N2O3/c17-13(15-8-10-4-2-1-3-5-10)12-9-19-14(18)11-6-7-16(11)12/h1-5,11-12H,6-9H2,(H,15,17)/t11-,12?/m0/s1. The minimum atomic E-state index is -0.333. The molecule has 0 saturated carbocycles. The summed E-state index contributed by atoms with van der Waals surface area (Å²) in [5.41, 5.74) is 1.06. The second-order valence-corrected chi connectivity index (χ2v) is 4.89. The lowest BCUT2D eigenvalue weighted by Gasteiger charge is -2.46. The molecule has 19 heavy (non-hydrogen) atoms. The Morgan fingerprint density at radius 1 is 1.37 bits per heavy atom. The molecule has 2 atom stereocenters. The number of morpholine rings is 1. The summed E-state index contributed by atoms with van der Waals surface area (Å²) in [4.78, 5) is 25.5. The lowest BCUT2D eigenvalue weighted by molar-refractivity contribution is -0.174. The van der Waals surface area contributed by atoms with Gasteiger partial charge in [-0.3, -0.25) is 14.5 Å². The zero-order valence-corrected chi connectivity index (χ0v) is 10.5. The summed E-state index contributed by atoms with van der Waals surface area (Å²) in [6.45, 7) is 1.46. The van der Waals surface area contributed by atoms with Crippen LogP contribution in [0.2, 0.25) is 0 Å². The van der Waals surface area contributed by atoms with Gasteiger partial charge in [-0.1, -0.05) is 30.3 Å². The normalized spacial score (nSPS) is 26.0. The van der Waals surface area contributed by atoms with Crippen LogP contribution in [-0.2, 0) is 20.9 Å². The van der Waals surface area contributed by atoms with Crippen molar-refractivity contribution in [3.63, 3.8) is 0 Å². The van der Waals surface area contributed by atoms with Gasteiger partial charge in [0.1, 0.15) is 18.7 Å². The number of nitrogens with one attached hydrogen (secondary N) is 1. The number of carbonyl (C=O) groups is 2. The summed E-state index contributed by atoms with van der Waals surface area (Å²) in [5, 5.41) is 2.90. The molecule has 1 aromatic carbocycles. The Morgan fingerprint density at radius 2 is 2.16 bits per heavy atom. The number of hydrogen-bond acceptors (Lipinski definition) is 4. The third-order valence-electron chi connectivity index (χ3n) is 3.73. The van der Waals surface area contributed by atoms with Crippen LogP contribution in [0.25, 0.3) is 0 Å². The van der Waals surface area contributed by atoms with Crippen LogP contribution in [0.5, 0.6) is 0 Å². The van der Waals surface area contributed by atoms with Crippen LogP contribution >= 0.6 is 0 Å². The molecule has 2 heterocycles. The molecule has 0 spiro atoms. The Morgan fingerprint density at radius 3 is 2.84 bits per heavy atom. The first-order valence-corrected chi connectivity index (χ1v) is 6.50. The molecule has 2 aliphatic heterocycles. The molecule has 2 fully saturated rings. The second-order valence-electron chi connectivity index (χ2n) is 4.89. The van der Waals surface area contributed by atoms with Gasteiger partial charge in [0, 0.05) is 13.1 Å². The minimum Gasteiger partial charge on any atom is -0.462 e. The van der Waals surface area contributed by atoms with E-state index in [2.05, 4.69) is 5.32 Å². The number of esters is 1. The van der Waals surface area contributed by atoms with E-state index in [1.54, 1.807) is 0 Å². The Labute approximate surface area is 111 Å². The van der Waals surface area contributed by atoms with E-state index >= 15 is 0 Å². The first kappa shape index (κ1) is 12.2. The molecule has 1 N–H and O–H groups in total. The number of benzene rings is 1. The number of amides is 1. The number of hydrogen-bond donors (Lipinski definition) is 1. The Bertz CT molecular complexity index is 489. The van der Waals surface area contributed by atoms with Gasteiger partial charge in [-0.15, -0.1) is 0 Å². The summed E-state index contributed by atoms with van der Waals surface area (Å²) in [5.74, 6) is -0.264. The highest BCUT2D eigenvalue weighted by Gasteiger charge is 2.46. The van der Waals surface area contributed by atoms with Crippen molar-refractivity contribution in [1.82, 2.24) is 10.2 Å². The maximum Gasteiger partial charge on any atom is 0.323 e. The van der Waals surface area contributed by atoms with Gasteiger partial charge in [0.15, 0.2) is 0 Å². The van der Waals surface area contributed by atoms with Crippen molar-refractivity contribution < 1.29 is 14.3 Å². The van der Waals surface area contributed by atoms with Gasteiger partial charge in [-0.05, 0) is 12.0 Å². The smallest absolute Gasteiger partial charge is 0.323 e. The fraction of sp³-hybridized carbons (Fsp3) is 0.429. The molecule has 100 valence electrons. The van der Waals surface area contributed by atoms with E-state index in [9.17, 15) is 9.59 Å². The second kappa shape index (κ2) is 5.01. The number of ether oxygens (including phenoxy) is 1. The first-order chi connectivity index (χ1) is 9.25. The van der Waals surface area contributed by atoms with Gasteiger partial charge >= 0.3 is 5.97 Å². The Balaban J connectivity index is 1.57. The molecular formula is C14H16N2O3. The molecule has 1 amide bonds. The van der Waals surface area contributed by atoms with Crippen LogP contribution in [0.15, 0.2) is 30.3 Å². The number of carbonyl (C=O) groups excluding carboxylic acids is 2. The highest BCUT2D eigenvalue weighted by atomic mass is 16.5. The summed E-state index contributed by atoms with van der Waals surface area (Å²) in [6, 6.07) is 9.21. The average Bonchev–Trinajstić information content (AvgIpc) is 2.39. The van der Waals surface area contributed by atoms with Crippen molar-refractivity contribution >= 4 is 11.9 Å². The number of cyclic esters (lactones) is 1. The van der Waals surface area contributed by atoms with E-state index < -0.39 is 0 Å². The summed E-state index contributed by atoms with van der Waals surface area (Å²) >= 11 is 0. The van der Waals surface area contributed by atoms with Crippen LogP contribution in [0.1, 0.15) is 12.0 Å². The van der Waals surface area contributed by atoms with Gasteiger partial charge in [0.05, 0.1) is 0 Å². The van der Waals surface area contributed by atoms with Gasteiger partial charge in [-0.2, -0.15) is 0 Å². The third kappa shape index (κ3) is 2.33. The van der Waals surface area contributed by atoms with E-state index in [1.807, 2.05) is 35.2 Å². The SMILES string of the molecule is O=C(NCc1ccccc1)C1COC(=O)[C@@H]2CCN12. The number of fused-ring (bicyclic) bond motifs is 1. The van der Waals surface area contributed by atoms with Crippen molar-refractivity contribution in [1.29, 1.82) is 0 Å². The molecule has 0 aliphatic carbocycles. The number of rotatable bonds is 3. The summed E-state index contributed by atoms with van der Waals surface area (Å²) in [7, 11) is 0. The van der Waals surface area contributed by atoms with Crippen molar-refractivity contribution in [2.45, 2.75) is 25.0 Å². The van der Waals surface area contributed by atoms with Crippen molar-refractivity contribution in [2.24, 2.45) is 0 Å². The quantitative estimate of drug-likeness (QED) is 0.794. The predicted molar refractivity (Wildman–Crippen MR) is 68.1 cm³/mol. The third-order valence-corrected chi connectivity index (χ3v) is 3.73. The fourth-order valence-electron chi connectivity index (χ4n) is 2.52. The Hall–Kier alpha value is -1.88. The van der Waals surface area contributed by atoms with Gasteiger partial charge in [-0.25, -0.2) is 0 Å². The largest absolute Gasteiger partial charge is 0.462 e. The van der Waals surface area contributed by atoms with E-state index in [0.717, 1.165) is 18.5 Å². The molecule has 5 nitrogen and oxygen atoms in total. The van der Waals surface area contributed by atoms with E-state index in [0.29, 0.717) is 6.54 Å². The minimum absolute atomic E-state index is 0.0685. The molecule has 5 heteroatoms. The van der Waals surface area contributed by atoms with E-state index in [1.165, 1.54) is 0 Å². The molecule has 2 aliphatic rings. The van der Waals surface area contributed by atoms with Crippen LogP contribution in [0.4, 0.5) is 0 Å². The molecule has 0 bridgehead atoms. The van der Waals surface area contributed by atoms with Crippen LogP contribution < -0.4 is 5.32 Å². The van der Waals surface area contributed by atoms with Crippen LogP contribution in [0, 0.1) is 0 Å². The molecule has 0 radical (unpaired) electrons. The monoisotopic (exact) mass is 260 g/mol. The zero-order valence-electron chi connectivity index (χ0n) is 10.5. The zero-order chi connectivity index (χ0) is 13.2. The topological polar surface area (TPSA) is 58.6 Å². The molecule has 3 rings (SSSR count).